The van der Waals surface area contributed by atoms with Gasteiger partial charge in [0.25, 0.3) is 5.89 Å². The summed E-state index contributed by atoms with van der Waals surface area (Å²) in [6.45, 7) is 0. The Morgan fingerprint density at radius 1 is 0.900 bits per heavy atom. The van der Waals surface area contributed by atoms with E-state index >= 15 is 0 Å². The molecule has 2 heterocycles. The largest absolute Gasteiger partial charge is 0.392 e. The fourth-order valence-corrected chi connectivity index (χ4v) is 2.89. The topological polar surface area (TPSA) is 107 Å². The van der Waals surface area contributed by atoms with E-state index in [1.807, 2.05) is 0 Å². The van der Waals surface area contributed by atoms with Gasteiger partial charge in [0, 0.05) is 18.0 Å². The molecule has 0 radical (unpaired) electrons. The number of benzene rings is 2. The molecule has 0 aliphatic carbocycles. The van der Waals surface area contributed by atoms with Crippen LogP contribution in [0.2, 0.25) is 0 Å². The van der Waals surface area contributed by atoms with Crippen LogP contribution < -0.4 is 16.6 Å². The highest BCUT2D eigenvalue weighted by molar-refractivity contribution is 5.93. The van der Waals surface area contributed by atoms with Crippen LogP contribution in [-0.4, -0.2) is 15.1 Å². The third-order valence-electron chi connectivity index (χ3n) is 4.33. The van der Waals surface area contributed by atoms with Gasteiger partial charge in [-0.3, -0.25) is 9.99 Å². The first-order chi connectivity index (χ1) is 14.6. The number of hydrogen-bond donors (Lipinski definition) is 2. The monoisotopic (exact) mass is 406 g/mol. The van der Waals surface area contributed by atoms with Gasteiger partial charge in [-0.25, -0.2) is 14.6 Å². The van der Waals surface area contributed by atoms with E-state index in [9.17, 15) is 8.78 Å². The highest BCUT2D eigenvalue weighted by Crippen LogP contribution is 2.30. The molecule has 4 rings (SSSR count). The Labute approximate surface area is 170 Å². The van der Waals surface area contributed by atoms with E-state index < -0.39 is 11.6 Å². The van der Waals surface area contributed by atoms with Crippen molar-refractivity contribution in [3.05, 3.63) is 96.1 Å². The number of para-hydroxylation sites is 1. The fourth-order valence-electron chi connectivity index (χ4n) is 2.89. The molecule has 9 heteroatoms. The zero-order valence-electron chi connectivity index (χ0n) is 15.5. The lowest BCUT2D eigenvalue weighted by atomic mass is 10.1. The Hall–Kier alpha value is -4.11. The van der Waals surface area contributed by atoms with E-state index in [4.69, 9.17) is 16.1 Å². The summed E-state index contributed by atoms with van der Waals surface area (Å²) in [7, 11) is 0. The highest BCUT2D eigenvalue weighted by atomic mass is 19.1. The van der Waals surface area contributed by atoms with Crippen molar-refractivity contribution < 1.29 is 13.3 Å². The second kappa shape index (κ2) is 8.10. The van der Waals surface area contributed by atoms with Gasteiger partial charge < -0.3 is 10.3 Å². The van der Waals surface area contributed by atoms with Gasteiger partial charge >= 0.3 is 0 Å². The van der Waals surface area contributed by atoms with Crippen LogP contribution in [-0.2, 0) is 0 Å². The maximum Gasteiger partial charge on any atom is 0.276 e. The molecule has 7 nitrogen and oxygen atoms in total. The van der Waals surface area contributed by atoms with Gasteiger partial charge in [0.15, 0.2) is 0 Å². The molecule has 0 unspecified atom stereocenters. The lowest BCUT2D eigenvalue weighted by molar-refractivity contribution is 0.407. The summed E-state index contributed by atoms with van der Waals surface area (Å²) < 4.78 is 33.7. The molecule has 150 valence electrons. The number of halogens is 2. The first kappa shape index (κ1) is 19.2. The zero-order chi connectivity index (χ0) is 21.1. The summed E-state index contributed by atoms with van der Waals surface area (Å²) in [4.78, 5) is 8.17. The number of rotatable bonds is 5. The van der Waals surface area contributed by atoms with Crippen LogP contribution in [0.25, 0.3) is 22.8 Å². The van der Waals surface area contributed by atoms with Crippen molar-refractivity contribution in [2.75, 3.05) is 5.01 Å². The smallest absolute Gasteiger partial charge is 0.276 e. The zero-order valence-corrected chi connectivity index (χ0v) is 15.5. The number of anilines is 1. The molecule has 0 amide bonds. The number of aromatic nitrogens is 3. The molecular weight excluding hydrogens is 390 g/mol. The van der Waals surface area contributed by atoms with E-state index in [1.54, 1.807) is 36.4 Å². The average molecular weight is 406 g/mol. The van der Waals surface area contributed by atoms with Crippen molar-refractivity contribution in [1.29, 1.82) is 0 Å². The third kappa shape index (κ3) is 3.61. The maximum atomic E-state index is 14.4. The van der Waals surface area contributed by atoms with Crippen LogP contribution in [0.15, 0.2) is 77.6 Å². The van der Waals surface area contributed by atoms with Crippen molar-refractivity contribution in [2.24, 2.45) is 11.6 Å². The molecule has 0 bridgehead atoms. The van der Waals surface area contributed by atoms with Crippen LogP contribution in [0.1, 0.15) is 11.5 Å². The summed E-state index contributed by atoms with van der Waals surface area (Å²) in [6.07, 6.45) is 3.08. The van der Waals surface area contributed by atoms with E-state index in [1.165, 1.54) is 36.7 Å². The molecule has 0 atom stereocenters. The minimum Gasteiger partial charge on any atom is -0.392 e. The predicted molar refractivity (Wildman–Crippen MR) is 108 cm³/mol. The van der Waals surface area contributed by atoms with Crippen molar-refractivity contribution >= 4 is 17.1 Å². The van der Waals surface area contributed by atoms with Crippen LogP contribution in [0.3, 0.4) is 0 Å². The minimum atomic E-state index is -0.545. The van der Waals surface area contributed by atoms with Gasteiger partial charge in [0.05, 0.1) is 16.9 Å². The number of hydrazine groups is 1. The predicted octanol–water partition coefficient (Wildman–Crippen LogP) is 3.57. The molecule has 0 spiro atoms. The lowest BCUT2D eigenvalue weighted by Crippen LogP contribution is -2.32. The van der Waals surface area contributed by atoms with Crippen LogP contribution >= 0.6 is 0 Å². The van der Waals surface area contributed by atoms with Crippen molar-refractivity contribution in [2.45, 2.75) is 0 Å². The Balaban J connectivity index is 1.84. The number of hydrogen-bond acceptors (Lipinski definition) is 7. The first-order valence-corrected chi connectivity index (χ1v) is 8.84. The number of nitrogens with zero attached hydrogens (tertiary/aromatic N) is 4. The number of nitrogens with two attached hydrogens (primary N) is 2. The average Bonchev–Trinajstić information content (AvgIpc) is 3.25. The maximum absolute atomic E-state index is 14.4. The molecule has 0 aliphatic rings. The van der Waals surface area contributed by atoms with E-state index in [2.05, 4.69) is 15.1 Å². The molecule has 0 saturated carbocycles. The Morgan fingerprint density at radius 3 is 2.27 bits per heavy atom. The summed E-state index contributed by atoms with van der Waals surface area (Å²) in [5.41, 5.74) is 7.30. The van der Waals surface area contributed by atoms with Crippen molar-refractivity contribution in [3.8, 4) is 11.4 Å². The SMILES string of the molecule is N/C(=C(/c1ccncc1)N(N)c1ccccc1F)c1nc(-c2ccccc2F)no1. The molecular formula is C21H16F2N6O. The molecule has 0 aliphatic heterocycles. The van der Waals surface area contributed by atoms with Gasteiger partial charge in [-0.05, 0) is 36.4 Å². The Morgan fingerprint density at radius 2 is 1.57 bits per heavy atom. The summed E-state index contributed by atoms with van der Waals surface area (Å²) in [6, 6.07) is 15.3. The van der Waals surface area contributed by atoms with E-state index in [0.29, 0.717) is 5.56 Å². The molecule has 4 aromatic rings. The van der Waals surface area contributed by atoms with Gasteiger partial charge in [-0.15, -0.1) is 0 Å². The third-order valence-corrected chi connectivity index (χ3v) is 4.33. The standard InChI is InChI=1S/C21H16F2N6O/c22-15-6-2-1-5-14(15)20-27-21(30-28-20)18(24)19(13-9-11-26-12-10-13)29(25)17-8-4-3-7-16(17)23/h1-12H,24-25H2/b19-18-. The molecule has 2 aromatic heterocycles. The van der Waals surface area contributed by atoms with Crippen LogP contribution in [0.5, 0.6) is 0 Å². The van der Waals surface area contributed by atoms with Gasteiger partial charge in [0.1, 0.15) is 17.3 Å². The first-order valence-electron chi connectivity index (χ1n) is 8.84. The fraction of sp³-hybridized carbons (Fsp3) is 0. The van der Waals surface area contributed by atoms with E-state index in [-0.39, 0.29) is 34.4 Å². The lowest BCUT2D eigenvalue weighted by Gasteiger charge is -2.23. The second-order valence-electron chi connectivity index (χ2n) is 6.22. The molecule has 30 heavy (non-hydrogen) atoms. The molecule has 0 fully saturated rings. The Bertz CT molecular complexity index is 1210. The van der Waals surface area contributed by atoms with Gasteiger partial charge in [-0.1, -0.05) is 29.4 Å². The summed E-state index contributed by atoms with van der Waals surface area (Å²) in [5, 5.41) is 4.90. The van der Waals surface area contributed by atoms with Crippen molar-refractivity contribution in [3.63, 3.8) is 0 Å². The number of pyridine rings is 1. The normalized spacial score (nSPS) is 11.8. The van der Waals surface area contributed by atoms with Crippen LogP contribution in [0, 0.1) is 11.6 Å². The Kier molecular flexibility index (Phi) is 5.19. The van der Waals surface area contributed by atoms with Crippen molar-refractivity contribution in [1.82, 2.24) is 15.1 Å². The highest BCUT2D eigenvalue weighted by Gasteiger charge is 2.22. The molecule has 2 aromatic carbocycles. The minimum absolute atomic E-state index is 0.0120. The summed E-state index contributed by atoms with van der Waals surface area (Å²) >= 11 is 0. The van der Waals surface area contributed by atoms with Crippen LogP contribution in [0.4, 0.5) is 14.5 Å². The van der Waals surface area contributed by atoms with E-state index in [0.717, 1.165) is 5.01 Å². The quantitative estimate of drug-likeness (QED) is 0.385. The molecule has 4 N–H and O–H groups in total. The van der Waals surface area contributed by atoms with Gasteiger partial charge in [-0.2, -0.15) is 4.98 Å². The molecule has 0 saturated heterocycles. The second-order valence-corrected chi connectivity index (χ2v) is 6.22. The summed E-state index contributed by atoms with van der Waals surface area (Å²) in [5.74, 6) is 5.12. The van der Waals surface area contributed by atoms with Gasteiger partial charge in [0.2, 0.25) is 5.82 Å².